The van der Waals surface area contributed by atoms with Gasteiger partial charge in [0.1, 0.15) is 5.82 Å². The lowest BCUT2D eigenvalue weighted by molar-refractivity contribution is -0.132. The first-order valence-electron chi connectivity index (χ1n) is 11.2. The highest BCUT2D eigenvalue weighted by Gasteiger charge is 2.54. The molecule has 4 heterocycles. The number of carbonyl (C=O) groups is 1. The van der Waals surface area contributed by atoms with Gasteiger partial charge in [0.15, 0.2) is 11.6 Å². The summed E-state index contributed by atoms with van der Waals surface area (Å²) >= 11 is 6.29. The van der Waals surface area contributed by atoms with Gasteiger partial charge in [0.25, 0.3) is 0 Å². The van der Waals surface area contributed by atoms with Gasteiger partial charge in [0.05, 0.1) is 12.2 Å². The van der Waals surface area contributed by atoms with Crippen molar-refractivity contribution < 1.29 is 9.18 Å². The van der Waals surface area contributed by atoms with Crippen molar-refractivity contribution in [2.45, 2.75) is 45.2 Å². The molecule has 2 aromatic heterocycles. The van der Waals surface area contributed by atoms with Gasteiger partial charge in [-0.1, -0.05) is 18.5 Å². The van der Waals surface area contributed by atoms with E-state index in [1.165, 1.54) is 6.07 Å². The van der Waals surface area contributed by atoms with Crippen LogP contribution in [0.5, 0.6) is 0 Å². The van der Waals surface area contributed by atoms with Crippen LogP contribution in [0.3, 0.4) is 0 Å². The van der Waals surface area contributed by atoms with Crippen molar-refractivity contribution in [3.63, 3.8) is 0 Å². The topological polar surface area (TPSA) is 80.0 Å². The Kier molecular flexibility index (Phi) is 4.65. The second-order valence-corrected chi connectivity index (χ2v) is 9.80. The van der Waals surface area contributed by atoms with E-state index in [1.807, 2.05) is 30.0 Å². The SMILES string of the molecule is CCC(=O)N1Cc2cc(Cl)ccc2-n2c(nnc2C2CC3(C2)CN(c2ccc(F)nn2)C3)C1. The summed E-state index contributed by atoms with van der Waals surface area (Å²) in [5.41, 5.74) is 2.23. The maximum Gasteiger partial charge on any atom is 0.233 e. The average Bonchev–Trinajstić information content (AvgIpc) is 3.07. The molecular weight excluding hydrogens is 445 g/mol. The molecule has 1 saturated heterocycles. The largest absolute Gasteiger partial charge is 0.354 e. The Morgan fingerprint density at radius 2 is 1.94 bits per heavy atom. The van der Waals surface area contributed by atoms with Crippen molar-refractivity contribution in [1.29, 1.82) is 0 Å². The molecule has 6 rings (SSSR count). The Labute approximate surface area is 195 Å². The number of rotatable bonds is 3. The monoisotopic (exact) mass is 467 g/mol. The van der Waals surface area contributed by atoms with Crippen LogP contribution in [0.15, 0.2) is 30.3 Å². The molecule has 1 aromatic carbocycles. The number of anilines is 1. The fourth-order valence-electron chi connectivity index (χ4n) is 5.52. The first kappa shape index (κ1) is 20.5. The van der Waals surface area contributed by atoms with Crippen molar-refractivity contribution in [2.75, 3.05) is 18.0 Å². The van der Waals surface area contributed by atoms with Crippen LogP contribution >= 0.6 is 11.6 Å². The van der Waals surface area contributed by atoms with E-state index in [1.54, 1.807) is 6.07 Å². The molecule has 8 nitrogen and oxygen atoms in total. The van der Waals surface area contributed by atoms with Crippen molar-refractivity contribution in [1.82, 2.24) is 29.9 Å². The summed E-state index contributed by atoms with van der Waals surface area (Å²) < 4.78 is 15.2. The summed E-state index contributed by atoms with van der Waals surface area (Å²) in [4.78, 5) is 16.5. The minimum atomic E-state index is -0.564. The smallest absolute Gasteiger partial charge is 0.233 e. The summed E-state index contributed by atoms with van der Waals surface area (Å²) in [7, 11) is 0. The van der Waals surface area contributed by atoms with Crippen LogP contribution in [0.2, 0.25) is 5.02 Å². The Bertz CT molecular complexity index is 1230. The minimum absolute atomic E-state index is 0.0833. The van der Waals surface area contributed by atoms with Crippen molar-refractivity contribution >= 4 is 23.3 Å². The third kappa shape index (κ3) is 3.37. The summed E-state index contributed by atoms with van der Waals surface area (Å²) in [6, 6.07) is 8.83. The van der Waals surface area contributed by atoms with Crippen LogP contribution in [0, 0.1) is 11.4 Å². The van der Waals surface area contributed by atoms with E-state index in [2.05, 4.69) is 29.9 Å². The number of hydrogen-bond acceptors (Lipinski definition) is 6. The second-order valence-electron chi connectivity index (χ2n) is 9.36. The zero-order chi connectivity index (χ0) is 22.7. The fourth-order valence-corrected chi connectivity index (χ4v) is 5.71. The third-order valence-electron chi connectivity index (χ3n) is 7.10. The molecule has 1 aliphatic carbocycles. The van der Waals surface area contributed by atoms with Crippen molar-refractivity contribution in [2.24, 2.45) is 5.41 Å². The predicted molar refractivity (Wildman–Crippen MR) is 120 cm³/mol. The van der Waals surface area contributed by atoms with Gasteiger partial charge in [0.2, 0.25) is 11.9 Å². The summed E-state index contributed by atoms with van der Waals surface area (Å²) in [5.74, 6) is 2.26. The fraction of sp³-hybridized carbons (Fsp3) is 0.435. The molecule has 1 amide bonds. The highest BCUT2D eigenvalue weighted by atomic mass is 35.5. The van der Waals surface area contributed by atoms with Gasteiger partial charge >= 0.3 is 0 Å². The average molecular weight is 468 g/mol. The van der Waals surface area contributed by atoms with E-state index in [9.17, 15) is 9.18 Å². The van der Waals surface area contributed by atoms with Crippen molar-refractivity contribution in [3.05, 3.63) is 58.5 Å². The number of fused-ring (bicyclic) bond motifs is 3. The van der Waals surface area contributed by atoms with Gasteiger partial charge in [-0.25, -0.2) is 0 Å². The Hall–Kier alpha value is -3.07. The molecule has 2 fully saturated rings. The summed E-state index contributed by atoms with van der Waals surface area (Å²) in [5, 5.41) is 17.2. The van der Waals surface area contributed by atoms with E-state index < -0.39 is 5.95 Å². The van der Waals surface area contributed by atoms with Gasteiger partial charge in [-0.05, 0) is 48.7 Å². The van der Waals surface area contributed by atoms with Crippen LogP contribution in [0.4, 0.5) is 10.2 Å². The van der Waals surface area contributed by atoms with E-state index in [-0.39, 0.29) is 11.3 Å². The van der Waals surface area contributed by atoms with Crippen molar-refractivity contribution in [3.8, 4) is 5.69 Å². The molecule has 33 heavy (non-hydrogen) atoms. The minimum Gasteiger partial charge on any atom is -0.354 e. The second kappa shape index (κ2) is 7.48. The van der Waals surface area contributed by atoms with Crippen LogP contribution in [0.1, 0.15) is 49.3 Å². The molecule has 2 aliphatic heterocycles. The van der Waals surface area contributed by atoms with Gasteiger partial charge in [-0.2, -0.15) is 4.39 Å². The summed E-state index contributed by atoms with van der Waals surface area (Å²) in [6.45, 7) is 4.58. The molecule has 10 heteroatoms. The molecule has 1 spiro atoms. The highest BCUT2D eigenvalue weighted by Crippen LogP contribution is 2.56. The lowest BCUT2D eigenvalue weighted by atomic mass is 9.57. The molecule has 0 N–H and O–H groups in total. The van der Waals surface area contributed by atoms with Crippen LogP contribution in [-0.2, 0) is 17.9 Å². The van der Waals surface area contributed by atoms with Crippen LogP contribution < -0.4 is 4.90 Å². The molecule has 1 saturated carbocycles. The third-order valence-corrected chi connectivity index (χ3v) is 7.34. The number of carbonyl (C=O) groups excluding carboxylic acids is 1. The number of aromatic nitrogens is 5. The number of hydrogen-bond donors (Lipinski definition) is 0. The molecule has 3 aromatic rings. The predicted octanol–water partition coefficient (Wildman–Crippen LogP) is 3.49. The Morgan fingerprint density at radius 3 is 2.67 bits per heavy atom. The molecule has 0 radical (unpaired) electrons. The number of amides is 1. The van der Waals surface area contributed by atoms with Gasteiger partial charge in [-0.15, -0.1) is 20.4 Å². The lowest BCUT2D eigenvalue weighted by Crippen LogP contribution is -2.62. The number of nitrogens with zero attached hydrogens (tertiary/aromatic N) is 7. The molecule has 0 unspecified atom stereocenters. The van der Waals surface area contributed by atoms with E-state index in [0.29, 0.717) is 36.3 Å². The number of benzene rings is 1. The van der Waals surface area contributed by atoms with E-state index in [4.69, 9.17) is 11.6 Å². The van der Waals surface area contributed by atoms with Gasteiger partial charge in [0, 0.05) is 42.4 Å². The lowest BCUT2D eigenvalue weighted by Gasteiger charge is -2.59. The zero-order valence-electron chi connectivity index (χ0n) is 18.2. The molecule has 170 valence electrons. The first-order valence-corrected chi connectivity index (χ1v) is 11.6. The highest BCUT2D eigenvalue weighted by molar-refractivity contribution is 6.30. The molecular formula is C23H23ClFN7O. The zero-order valence-corrected chi connectivity index (χ0v) is 19.0. The molecule has 0 bridgehead atoms. The maximum absolute atomic E-state index is 13.1. The van der Waals surface area contributed by atoms with E-state index >= 15 is 0 Å². The van der Waals surface area contributed by atoms with Crippen LogP contribution in [-0.4, -0.2) is 48.9 Å². The number of halogens is 2. The van der Waals surface area contributed by atoms with Crippen LogP contribution in [0.25, 0.3) is 5.69 Å². The normalized spacial score (nSPS) is 18.9. The van der Waals surface area contributed by atoms with E-state index in [0.717, 1.165) is 48.8 Å². The Balaban J connectivity index is 1.25. The van der Waals surface area contributed by atoms with Gasteiger partial charge < -0.3 is 9.80 Å². The van der Waals surface area contributed by atoms with Gasteiger partial charge in [-0.3, -0.25) is 9.36 Å². The molecule has 3 aliphatic rings. The molecule has 0 atom stereocenters. The summed E-state index contributed by atoms with van der Waals surface area (Å²) in [6.07, 6.45) is 2.46. The first-order chi connectivity index (χ1) is 15.9. The maximum atomic E-state index is 13.1. The standard InChI is InChI=1S/C23H23ClFN7O/c1-2-21(33)30-10-14-7-16(24)3-4-17(14)32-20(11-30)28-29-22(32)15-8-23(9-15)12-31(13-23)19-6-5-18(25)26-27-19/h3-7,15H,2,8-13H2,1H3. The quantitative estimate of drug-likeness (QED) is 0.586. The Morgan fingerprint density at radius 1 is 1.12 bits per heavy atom.